The van der Waals surface area contributed by atoms with Crippen molar-refractivity contribution < 1.29 is 18.0 Å². The molecule has 0 aliphatic heterocycles. The van der Waals surface area contributed by atoms with Gasteiger partial charge in [0.2, 0.25) is 21.8 Å². The predicted molar refractivity (Wildman–Crippen MR) is 151 cm³/mol. The minimum absolute atomic E-state index is 0.0127. The molecule has 37 heavy (non-hydrogen) atoms. The molecule has 0 unspecified atom stereocenters. The van der Waals surface area contributed by atoms with Gasteiger partial charge in [-0.2, -0.15) is 0 Å². The molecule has 8 heteroatoms. The highest BCUT2D eigenvalue weighted by molar-refractivity contribution is 7.92. The van der Waals surface area contributed by atoms with Crippen molar-refractivity contribution in [2.75, 3.05) is 17.1 Å². The third-order valence-corrected chi connectivity index (χ3v) is 7.95. The molecular formula is C29H43N3O4S. The molecule has 0 saturated heterocycles. The highest BCUT2D eigenvalue weighted by Crippen LogP contribution is 2.22. The first-order valence-electron chi connectivity index (χ1n) is 13.1. The van der Waals surface area contributed by atoms with Crippen LogP contribution in [0.15, 0.2) is 42.5 Å². The monoisotopic (exact) mass is 529 g/mol. The average Bonchev–Trinajstić information content (AvgIpc) is 2.82. The van der Waals surface area contributed by atoms with Gasteiger partial charge in [0, 0.05) is 25.6 Å². The molecule has 2 aromatic rings. The van der Waals surface area contributed by atoms with E-state index in [-0.39, 0.29) is 30.8 Å². The van der Waals surface area contributed by atoms with Crippen LogP contribution in [0.4, 0.5) is 5.69 Å². The summed E-state index contributed by atoms with van der Waals surface area (Å²) in [6.45, 7) is 12.3. The number of anilines is 1. The average molecular weight is 530 g/mol. The summed E-state index contributed by atoms with van der Waals surface area (Å²) in [5.74, 6) is -0.327. The maximum atomic E-state index is 13.5. The molecule has 0 fully saturated rings. The maximum absolute atomic E-state index is 13.5. The molecule has 2 atom stereocenters. The Morgan fingerprint density at radius 2 is 1.68 bits per heavy atom. The largest absolute Gasteiger partial charge is 0.352 e. The summed E-state index contributed by atoms with van der Waals surface area (Å²) in [5.41, 5.74) is 4.72. The fourth-order valence-corrected chi connectivity index (χ4v) is 5.21. The van der Waals surface area contributed by atoms with Gasteiger partial charge in [-0.05, 0) is 75.8 Å². The number of nitrogens with zero attached hydrogens (tertiary/aromatic N) is 2. The molecule has 0 radical (unpaired) electrons. The van der Waals surface area contributed by atoms with E-state index < -0.39 is 16.1 Å². The van der Waals surface area contributed by atoms with Crippen LogP contribution in [0.1, 0.15) is 68.7 Å². The van der Waals surface area contributed by atoms with E-state index in [1.807, 2.05) is 77.9 Å². The number of nitrogens with one attached hydrogen (secondary N) is 1. The van der Waals surface area contributed by atoms with Crippen molar-refractivity contribution in [3.05, 3.63) is 64.7 Å². The molecule has 0 saturated carbocycles. The second kappa shape index (κ2) is 13.6. The van der Waals surface area contributed by atoms with Crippen molar-refractivity contribution in [3.63, 3.8) is 0 Å². The fourth-order valence-electron chi connectivity index (χ4n) is 4.25. The van der Waals surface area contributed by atoms with Crippen LogP contribution in [0.3, 0.4) is 0 Å². The van der Waals surface area contributed by atoms with Gasteiger partial charge in [0.05, 0.1) is 11.9 Å². The molecule has 0 aromatic heterocycles. The van der Waals surface area contributed by atoms with Crippen LogP contribution in [-0.2, 0) is 26.2 Å². The van der Waals surface area contributed by atoms with Gasteiger partial charge in [0.1, 0.15) is 6.04 Å². The van der Waals surface area contributed by atoms with E-state index in [0.29, 0.717) is 25.1 Å². The smallest absolute Gasteiger partial charge is 0.243 e. The lowest BCUT2D eigenvalue weighted by Crippen LogP contribution is -2.50. The van der Waals surface area contributed by atoms with Crippen LogP contribution in [0, 0.1) is 20.8 Å². The Morgan fingerprint density at radius 3 is 2.24 bits per heavy atom. The van der Waals surface area contributed by atoms with Gasteiger partial charge in [-0.15, -0.1) is 0 Å². The Kier molecular flexibility index (Phi) is 11.2. The number of carbonyl (C=O) groups is 2. The van der Waals surface area contributed by atoms with Crippen molar-refractivity contribution in [1.29, 1.82) is 0 Å². The molecule has 2 amide bonds. The quantitative estimate of drug-likeness (QED) is 0.401. The van der Waals surface area contributed by atoms with Crippen LogP contribution in [0.5, 0.6) is 0 Å². The number of hydrogen-bond donors (Lipinski definition) is 1. The second-order valence-corrected chi connectivity index (χ2v) is 11.9. The molecule has 1 N–H and O–H groups in total. The number of carbonyl (C=O) groups excluding carboxylic acids is 2. The standard InChI is InChI=1S/C29H43N3O4S/c1-8-24(6)30-29(34)27(9-2)31(20-25-13-10-12-21(3)18-25)28(33)14-11-17-32(37(7,35)36)26-16-15-22(4)23(5)19-26/h10,12-13,15-16,18-19,24,27H,8-9,11,14,17,20H2,1-7H3,(H,30,34)/t24-,27+/m1/s1. The Labute approximate surface area is 223 Å². The number of sulfonamides is 1. The highest BCUT2D eigenvalue weighted by Gasteiger charge is 2.29. The minimum Gasteiger partial charge on any atom is -0.352 e. The number of aryl methyl sites for hydroxylation is 3. The molecule has 0 aliphatic rings. The lowest BCUT2D eigenvalue weighted by Gasteiger charge is -2.32. The number of rotatable bonds is 13. The van der Waals surface area contributed by atoms with Crippen molar-refractivity contribution >= 4 is 27.5 Å². The van der Waals surface area contributed by atoms with Gasteiger partial charge in [-0.3, -0.25) is 13.9 Å². The summed E-state index contributed by atoms with van der Waals surface area (Å²) in [6, 6.07) is 12.9. The lowest BCUT2D eigenvalue weighted by atomic mass is 10.1. The third kappa shape index (κ3) is 8.88. The zero-order valence-electron chi connectivity index (χ0n) is 23.4. The van der Waals surface area contributed by atoms with Gasteiger partial charge in [-0.1, -0.05) is 49.7 Å². The Hall–Kier alpha value is -2.87. The van der Waals surface area contributed by atoms with Crippen molar-refractivity contribution in [2.24, 2.45) is 0 Å². The number of hydrogen-bond acceptors (Lipinski definition) is 4. The van der Waals surface area contributed by atoms with E-state index in [9.17, 15) is 18.0 Å². The van der Waals surface area contributed by atoms with Crippen LogP contribution in [-0.4, -0.2) is 50.0 Å². The summed E-state index contributed by atoms with van der Waals surface area (Å²) >= 11 is 0. The third-order valence-electron chi connectivity index (χ3n) is 6.75. The van der Waals surface area contributed by atoms with E-state index in [0.717, 1.165) is 28.7 Å². The fraction of sp³-hybridized carbons (Fsp3) is 0.517. The Morgan fingerprint density at radius 1 is 0.973 bits per heavy atom. The molecule has 0 spiro atoms. The summed E-state index contributed by atoms with van der Waals surface area (Å²) in [4.78, 5) is 28.3. The molecule has 0 heterocycles. The molecule has 0 bridgehead atoms. The SMILES string of the molecule is CC[C@@H](C)NC(=O)[C@H](CC)N(Cc1cccc(C)c1)C(=O)CCCN(c1ccc(C)c(C)c1)S(C)(=O)=O. The zero-order valence-corrected chi connectivity index (χ0v) is 24.2. The lowest BCUT2D eigenvalue weighted by molar-refractivity contribution is -0.141. The van der Waals surface area contributed by atoms with Gasteiger partial charge in [-0.25, -0.2) is 8.42 Å². The predicted octanol–water partition coefficient (Wildman–Crippen LogP) is 4.88. The van der Waals surface area contributed by atoms with Crippen LogP contribution in [0.25, 0.3) is 0 Å². The van der Waals surface area contributed by atoms with Gasteiger partial charge in [0.25, 0.3) is 0 Å². The first-order chi connectivity index (χ1) is 17.4. The maximum Gasteiger partial charge on any atom is 0.243 e. The molecule has 7 nitrogen and oxygen atoms in total. The van der Waals surface area contributed by atoms with E-state index in [1.165, 1.54) is 10.6 Å². The highest BCUT2D eigenvalue weighted by atomic mass is 32.2. The second-order valence-electron chi connectivity index (χ2n) is 9.96. The Balaban J connectivity index is 2.24. The number of benzene rings is 2. The Bertz CT molecular complexity index is 1180. The zero-order chi connectivity index (χ0) is 27.8. The van der Waals surface area contributed by atoms with E-state index >= 15 is 0 Å². The molecule has 204 valence electrons. The van der Waals surface area contributed by atoms with Crippen LogP contribution >= 0.6 is 0 Å². The van der Waals surface area contributed by atoms with E-state index in [4.69, 9.17) is 0 Å². The van der Waals surface area contributed by atoms with Gasteiger partial charge in [0.15, 0.2) is 0 Å². The van der Waals surface area contributed by atoms with Crippen molar-refractivity contribution in [3.8, 4) is 0 Å². The van der Waals surface area contributed by atoms with Crippen molar-refractivity contribution in [1.82, 2.24) is 10.2 Å². The summed E-state index contributed by atoms with van der Waals surface area (Å²) in [7, 11) is -3.53. The minimum atomic E-state index is -3.53. The molecular weight excluding hydrogens is 486 g/mol. The van der Waals surface area contributed by atoms with Gasteiger partial charge < -0.3 is 10.2 Å². The summed E-state index contributed by atoms with van der Waals surface area (Å²) in [5, 5.41) is 3.02. The topological polar surface area (TPSA) is 86.8 Å². The number of amides is 2. The van der Waals surface area contributed by atoms with Crippen LogP contribution in [0.2, 0.25) is 0 Å². The summed E-state index contributed by atoms with van der Waals surface area (Å²) < 4.78 is 26.5. The van der Waals surface area contributed by atoms with Gasteiger partial charge >= 0.3 is 0 Å². The van der Waals surface area contributed by atoms with E-state index in [1.54, 1.807) is 11.0 Å². The van der Waals surface area contributed by atoms with Crippen LogP contribution < -0.4 is 9.62 Å². The molecule has 0 aliphatic carbocycles. The molecule has 2 aromatic carbocycles. The van der Waals surface area contributed by atoms with Crippen molar-refractivity contribution in [2.45, 2.75) is 85.9 Å². The van der Waals surface area contributed by atoms with E-state index in [2.05, 4.69) is 5.32 Å². The molecule has 2 rings (SSSR count). The normalized spacial score (nSPS) is 13.1. The summed E-state index contributed by atoms with van der Waals surface area (Å²) in [6.07, 6.45) is 2.94. The first-order valence-corrected chi connectivity index (χ1v) is 14.9. The first kappa shape index (κ1) is 30.4.